The monoisotopic (exact) mass is 386 g/mol. The molecular weight excluding hydrogens is 375 g/mol. The van der Waals surface area contributed by atoms with E-state index in [1.807, 2.05) is 30.3 Å². The molecule has 4 heteroatoms. The van der Waals surface area contributed by atoms with Gasteiger partial charge in [-0.05, 0) is 54.3 Å². The second-order valence-electron chi connectivity index (χ2n) is 4.47. The van der Waals surface area contributed by atoms with Crippen LogP contribution >= 0.6 is 31.9 Å². The molecule has 0 saturated heterocycles. The van der Waals surface area contributed by atoms with Crippen molar-refractivity contribution in [3.63, 3.8) is 0 Å². The molecule has 0 amide bonds. The van der Waals surface area contributed by atoms with Crippen molar-refractivity contribution in [2.45, 2.75) is 18.9 Å². The lowest BCUT2D eigenvalue weighted by molar-refractivity contribution is 0.175. The smallest absolute Gasteiger partial charge is 0.124 e. The van der Waals surface area contributed by atoms with Crippen molar-refractivity contribution in [1.82, 2.24) is 0 Å². The highest BCUT2D eigenvalue weighted by molar-refractivity contribution is 9.10. The van der Waals surface area contributed by atoms with Crippen LogP contribution in [0.5, 0.6) is 0 Å². The Kier molecular flexibility index (Phi) is 5.13. The third-order valence-electron chi connectivity index (χ3n) is 2.78. The lowest BCUT2D eigenvalue weighted by Gasteiger charge is -2.11. The minimum Gasteiger partial charge on any atom is -0.392 e. The van der Waals surface area contributed by atoms with Gasteiger partial charge < -0.3 is 5.11 Å². The zero-order valence-electron chi connectivity index (χ0n) is 10.1. The Morgan fingerprint density at radius 2 is 1.53 bits per heavy atom. The van der Waals surface area contributed by atoms with Gasteiger partial charge in [-0.25, -0.2) is 4.39 Å². The third kappa shape index (κ3) is 4.71. The largest absolute Gasteiger partial charge is 0.392 e. The maximum absolute atomic E-state index is 13.2. The first-order valence-corrected chi connectivity index (χ1v) is 7.49. The molecule has 0 bridgehead atoms. The summed E-state index contributed by atoms with van der Waals surface area (Å²) in [6.45, 7) is 0. The molecular formula is C15H13Br2FO. The van der Waals surface area contributed by atoms with Gasteiger partial charge in [-0.2, -0.15) is 0 Å². The van der Waals surface area contributed by atoms with Gasteiger partial charge in [0.05, 0.1) is 6.10 Å². The van der Waals surface area contributed by atoms with Gasteiger partial charge in [-0.1, -0.05) is 44.0 Å². The fourth-order valence-corrected chi connectivity index (χ4v) is 2.74. The number of aliphatic hydroxyl groups excluding tert-OH is 1. The molecule has 0 aliphatic rings. The molecule has 0 radical (unpaired) electrons. The lowest BCUT2D eigenvalue weighted by atomic mass is 10.0. The number of halogens is 3. The van der Waals surface area contributed by atoms with Crippen molar-refractivity contribution in [2.75, 3.05) is 0 Å². The molecule has 0 aliphatic carbocycles. The molecule has 100 valence electrons. The van der Waals surface area contributed by atoms with E-state index in [0.29, 0.717) is 17.3 Å². The number of rotatable bonds is 4. The van der Waals surface area contributed by atoms with E-state index >= 15 is 0 Å². The first-order valence-electron chi connectivity index (χ1n) is 5.90. The number of hydrogen-bond acceptors (Lipinski definition) is 1. The average Bonchev–Trinajstić information content (AvgIpc) is 2.30. The van der Waals surface area contributed by atoms with Crippen molar-refractivity contribution in [3.05, 3.63) is 68.4 Å². The molecule has 0 saturated carbocycles. The molecule has 1 N–H and O–H groups in total. The quantitative estimate of drug-likeness (QED) is 0.818. The van der Waals surface area contributed by atoms with E-state index in [4.69, 9.17) is 0 Å². The second-order valence-corrected chi connectivity index (χ2v) is 6.30. The van der Waals surface area contributed by atoms with Crippen molar-refractivity contribution in [1.29, 1.82) is 0 Å². The average molecular weight is 388 g/mol. The van der Waals surface area contributed by atoms with Crippen LogP contribution in [0.25, 0.3) is 0 Å². The number of hydrogen-bond donors (Lipinski definition) is 1. The molecule has 0 aromatic heterocycles. The van der Waals surface area contributed by atoms with Gasteiger partial charge in [0.15, 0.2) is 0 Å². The fraction of sp³-hybridized carbons (Fsp3) is 0.200. The summed E-state index contributed by atoms with van der Waals surface area (Å²) in [6.07, 6.45) is 0.475. The minimum atomic E-state index is -0.519. The van der Waals surface area contributed by atoms with Gasteiger partial charge in [0.1, 0.15) is 5.82 Å². The summed E-state index contributed by atoms with van der Waals surface area (Å²) in [5, 5.41) is 10.1. The van der Waals surface area contributed by atoms with Crippen LogP contribution in [0, 0.1) is 5.82 Å². The topological polar surface area (TPSA) is 20.2 Å². The molecule has 1 atom stereocenters. The first kappa shape index (κ1) is 14.7. The molecule has 0 heterocycles. The molecule has 1 nitrogen and oxygen atoms in total. The Morgan fingerprint density at radius 1 is 0.895 bits per heavy atom. The van der Waals surface area contributed by atoms with Crippen LogP contribution in [-0.4, -0.2) is 11.2 Å². The standard InChI is InChI=1S/C15H13Br2FO/c16-12-3-1-10(2-4-12)7-15(19)8-11-5-13(17)9-14(18)6-11/h1-6,9,15,19H,7-8H2. The Balaban J connectivity index is 2.00. The van der Waals surface area contributed by atoms with Gasteiger partial charge in [-0.15, -0.1) is 0 Å². The van der Waals surface area contributed by atoms with Crippen LogP contribution < -0.4 is 0 Å². The summed E-state index contributed by atoms with van der Waals surface area (Å²) in [5.41, 5.74) is 1.85. The summed E-state index contributed by atoms with van der Waals surface area (Å²) in [4.78, 5) is 0. The van der Waals surface area contributed by atoms with Crippen LogP contribution in [-0.2, 0) is 12.8 Å². The number of benzene rings is 2. The number of aliphatic hydroxyl groups is 1. The van der Waals surface area contributed by atoms with E-state index in [-0.39, 0.29) is 5.82 Å². The molecule has 2 aromatic carbocycles. The predicted octanol–water partition coefficient (Wildman–Crippen LogP) is 4.50. The van der Waals surface area contributed by atoms with Crippen molar-refractivity contribution < 1.29 is 9.50 Å². The molecule has 0 fully saturated rings. The van der Waals surface area contributed by atoms with E-state index in [1.165, 1.54) is 12.1 Å². The normalized spacial score (nSPS) is 12.4. The highest BCUT2D eigenvalue weighted by Crippen LogP contribution is 2.18. The van der Waals surface area contributed by atoms with Gasteiger partial charge in [-0.3, -0.25) is 0 Å². The van der Waals surface area contributed by atoms with Crippen molar-refractivity contribution in [3.8, 4) is 0 Å². The predicted molar refractivity (Wildman–Crippen MR) is 81.7 cm³/mol. The molecule has 19 heavy (non-hydrogen) atoms. The summed E-state index contributed by atoms with van der Waals surface area (Å²) in [6, 6.07) is 12.5. The summed E-state index contributed by atoms with van der Waals surface area (Å²) in [7, 11) is 0. The van der Waals surface area contributed by atoms with Gasteiger partial charge in [0.25, 0.3) is 0 Å². The molecule has 2 rings (SSSR count). The Bertz CT molecular complexity index is 534. The zero-order chi connectivity index (χ0) is 13.8. The lowest BCUT2D eigenvalue weighted by Crippen LogP contribution is -2.14. The SMILES string of the molecule is OC(Cc1ccc(Br)cc1)Cc1cc(F)cc(Br)c1. The van der Waals surface area contributed by atoms with Crippen LogP contribution in [0.3, 0.4) is 0 Å². The molecule has 1 unspecified atom stereocenters. The summed E-state index contributed by atoms with van der Waals surface area (Å²) >= 11 is 6.62. The maximum Gasteiger partial charge on any atom is 0.124 e. The van der Waals surface area contributed by atoms with E-state index in [2.05, 4.69) is 31.9 Å². The van der Waals surface area contributed by atoms with E-state index in [0.717, 1.165) is 15.6 Å². The van der Waals surface area contributed by atoms with Crippen molar-refractivity contribution >= 4 is 31.9 Å². The van der Waals surface area contributed by atoms with Gasteiger partial charge in [0.2, 0.25) is 0 Å². The molecule has 2 aromatic rings. The maximum atomic E-state index is 13.2. The van der Waals surface area contributed by atoms with Gasteiger partial charge >= 0.3 is 0 Å². The van der Waals surface area contributed by atoms with Crippen LogP contribution in [0.4, 0.5) is 4.39 Å². The van der Waals surface area contributed by atoms with E-state index in [1.54, 1.807) is 0 Å². The third-order valence-corrected chi connectivity index (χ3v) is 3.76. The second kappa shape index (κ2) is 6.64. The van der Waals surface area contributed by atoms with Crippen LogP contribution in [0.15, 0.2) is 51.4 Å². The highest BCUT2D eigenvalue weighted by atomic mass is 79.9. The highest BCUT2D eigenvalue weighted by Gasteiger charge is 2.08. The molecule has 0 aliphatic heterocycles. The van der Waals surface area contributed by atoms with E-state index < -0.39 is 6.10 Å². The Hall–Kier alpha value is -0.710. The summed E-state index contributed by atoms with van der Waals surface area (Å²) < 4.78 is 14.9. The van der Waals surface area contributed by atoms with E-state index in [9.17, 15) is 9.50 Å². The zero-order valence-corrected chi connectivity index (χ0v) is 13.3. The fourth-order valence-electron chi connectivity index (χ4n) is 1.97. The van der Waals surface area contributed by atoms with Crippen molar-refractivity contribution in [2.24, 2.45) is 0 Å². The minimum absolute atomic E-state index is 0.291. The Labute approximate surface area is 128 Å². The van der Waals surface area contributed by atoms with Crippen LogP contribution in [0.2, 0.25) is 0 Å². The molecule has 0 spiro atoms. The first-order chi connectivity index (χ1) is 9.02. The van der Waals surface area contributed by atoms with Crippen LogP contribution in [0.1, 0.15) is 11.1 Å². The Morgan fingerprint density at radius 3 is 2.16 bits per heavy atom. The summed E-state index contributed by atoms with van der Waals surface area (Å²) in [5.74, 6) is -0.291. The van der Waals surface area contributed by atoms with Gasteiger partial charge in [0, 0.05) is 8.95 Å².